The molecule has 0 fully saturated rings. The van der Waals surface area contributed by atoms with Gasteiger partial charge in [-0.05, 0) is 175 Å². The van der Waals surface area contributed by atoms with E-state index in [0.717, 1.165) is 5.69 Å². The lowest BCUT2D eigenvalue weighted by atomic mass is 9.34. The fourth-order valence-corrected chi connectivity index (χ4v) is 21.0. The highest BCUT2D eigenvalue weighted by Crippen LogP contribution is 2.49. The summed E-state index contributed by atoms with van der Waals surface area (Å²) >= 11 is 0. The minimum absolute atomic E-state index is 0.0296. The van der Waals surface area contributed by atoms with Gasteiger partial charge in [-0.3, -0.25) is 0 Å². The van der Waals surface area contributed by atoms with Crippen LogP contribution in [0.1, 0.15) is 158 Å². The Balaban J connectivity index is 1.16. The van der Waals surface area contributed by atoms with Crippen LogP contribution in [0.2, 0.25) is 0 Å². The highest BCUT2D eigenvalue weighted by atomic mass is 28.3. The Morgan fingerprint density at radius 3 is 1.48 bits per heavy atom. The van der Waals surface area contributed by atoms with Crippen LogP contribution in [-0.2, 0) is 32.5 Å². The van der Waals surface area contributed by atoms with Crippen molar-refractivity contribution in [3.63, 3.8) is 0 Å². The summed E-state index contributed by atoms with van der Waals surface area (Å²) < 4.78 is 5.57. The van der Waals surface area contributed by atoms with Gasteiger partial charge in [-0.1, -0.05) is 222 Å². The lowest BCUT2D eigenvalue weighted by Crippen LogP contribution is -2.77. The molecular weight excluding hydrogens is 1020 g/mol. The molecule has 0 radical (unpaired) electrons. The number of nitrogens with zero attached hydrogens (tertiary/aromatic N) is 3. The summed E-state index contributed by atoms with van der Waals surface area (Å²) in [6.07, 6.45) is 0. The first-order chi connectivity index (χ1) is 39.0. The van der Waals surface area contributed by atoms with Crippen LogP contribution in [-0.4, -0.2) is 23.9 Å². The molecule has 5 heteroatoms. The molecule has 0 unspecified atom stereocenters. The molecule has 9 aromatic carbocycles. The van der Waals surface area contributed by atoms with E-state index in [1.54, 1.807) is 15.6 Å². The van der Waals surface area contributed by atoms with Crippen molar-refractivity contribution in [3.8, 4) is 22.5 Å². The van der Waals surface area contributed by atoms with E-state index >= 15 is 0 Å². The van der Waals surface area contributed by atoms with Crippen LogP contribution in [0, 0.1) is 0 Å². The summed E-state index contributed by atoms with van der Waals surface area (Å²) in [4.78, 5) is 2.55. The zero-order valence-corrected chi connectivity index (χ0v) is 53.4. The van der Waals surface area contributed by atoms with Gasteiger partial charge in [0.2, 0.25) is 0 Å². The van der Waals surface area contributed by atoms with Gasteiger partial charge in [-0.2, -0.15) is 0 Å². The molecule has 0 amide bonds. The number of fused-ring (bicyclic) bond motifs is 14. The number of aromatic nitrogens is 2. The van der Waals surface area contributed by atoms with Gasteiger partial charge in [0.25, 0.3) is 6.71 Å². The van der Waals surface area contributed by atoms with Gasteiger partial charge in [-0.15, -0.1) is 0 Å². The lowest BCUT2D eigenvalue weighted by molar-refractivity contribution is 0.590. The van der Waals surface area contributed by atoms with Crippen molar-refractivity contribution >= 4 is 113 Å². The predicted octanol–water partition coefficient (Wildman–Crippen LogP) is 15.9. The molecule has 11 aromatic rings. The smallest absolute Gasteiger partial charge is 0.252 e. The minimum atomic E-state index is -3.19. The van der Waals surface area contributed by atoms with Gasteiger partial charge in [-0.25, -0.2) is 0 Å². The Bertz CT molecular complexity index is 4610. The molecular formula is C78H80BN3Si. The minimum Gasteiger partial charge on any atom is -0.310 e. The zero-order valence-electron chi connectivity index (χ0n) is 52.4. The third kappa shape index (κ3) is 7.10. The normalized spacial score (nSPS) is 14.9. The van der Waals surface area contributed by atoms with E-state index < -0.39 is 8.07 Å². The molecule has 1 spiro atoms. The SMILES string of the molecule is CC(C)(C)c1cccc(N(c2ccccc2)c2ccc3c4c2c2cc(C(C)(C)C)ccc2n4-c2ccc4c5c2B3c2cc(C(C)(C)C)cc3c6cc(C(C)(C)C)cc(c6n-5c23)[Si]42c3cc(C(C)(C)C)ccc3-c3ccc(C(C)(C)C)cc32)c1. The van der Waals surface area contributed by atoms with Gasteiger partial charge < -0.3 is 14.0 Å². The molecule has 4 aliphatic rings. The fourth-order valence-electron chi connectivity index (χ4n) is 15.4. The Morgan fingerprint density at radius 2 is 0.880 bits per heavy atom. The highest BCUT2D eigenvalue weighted by molar-refractivity contribution is 7.24. The summed E-state index contributed by atoms with van der Waals surface area (Å²) in [5.41, 5.74) is 26.5. The van der Waals surface area contributed by atoms with E-state index in [1.807, 2.05) is 0 Å². The molecule has 2 aromatic heterocycles. The van der Waals surface area contributed by atoms with Crippen LogP contribution in [0.5, 0.6) is 0 Å². The van der Waals surface area contributed by atoms with Gasteiger partial charge >= 0.3 is 0 Å². The average Bonchev–Trinajstić information content (AvgIpc) is 1.58. The van der Waals surface area contributed by atoms with Crippen molar-refractivity contribution in [2.45, 2.75) is 157 Å². The second-order valence-electron chi connectivity index (χ2n) is 31.5. The summed E-state index contributed by atoms with van der Waals surface area (Å²) in [5, 5.41) is 11.5. The summed E-state index contributed by atoms with van der Waals surface area (Å²) in [5.74, 6) is 0. The van der Waals surface area contributed by atoms with E-state index in [0.29, 0.717) is 0 Å². The van der Waals surface area contributed by atoms with Crippen LogP contribution in [0.15, 0.2) is 158 Å². The first-order valence-corrected chi connectivity index (χ1v) is 32.7. The number of para-hydroxylation sites is 1. The Labute approximate surface area is 494 Å². The van der Waals surface area contributed by atoms with Crippen molar-refractivity contribution in [1.82, 2.24) is 9.13 Å². The van der Waals surface area contributed by atoms with Crippen molar-refractivity contribution in [2.24, 2.45) is 0 Å². The van der Waals surface area contributed by atoms with Crippen LogP contribution >= 0.6 is 0 Å². The van der Waals surface area contributed by atoms with E-state index in [9.17, 15) is 0 Å². The predicted molar refractivity (Wildman–Crippen MR) is 363 cm³/mol. The number of benzene rings is 9. The summed E-state index contributed by atoms with van der Waals surface area (Å²) in [6, 6.07) is 64.2. The van der Waals surface area contributed by atoms with E-state index in [2.05, 4.69) is 296 Å². The molecule has 15 rings (SSSR count). The van der Waals surface area contributed by atoms with Crippen molar-refractivity contribution in [3.05, 3.63) is 191 Å². The highest BCUT2D eigenvalue weighted by Gasteiger charge is 2.57. The van der Waals surface area contributed by atoms with E-state index in [-0.39, 0.29) is 39.2 Å². The topological polar surface area (TPSA) is 13.1 Å². The average molecular weight is 1100 g/mol. The van der Waals surface area contributed by atoms with Crippen molar-refractivity contribution in [1.29, 1.82) is 0 Å². The maximum Gasteiger partial charge on any atom is 0.252 e. The number of hydrogen-bond acceptors (Lipinski definition) is 1. The van der Waals surface area contributed by atoms with Crippen molar-refractivity contribution in [2.75, 3.05) is 4.90 Å². The second-order valence-corrected chi connectivity index (χ2v) is 35.2. The first kappa shape index (κ1) is 52.5. The van der Waals surface area contributed by atoms with Crippen LogP contribution in [0.3, 0.4) is 0 Å². The monoisotopic (exact) mass is 1100 g/mol. The van der Waals surface area contributed by atoms with E-state index in [4.69, 9.17) is 0 Å². The molecule has 83 heavy (non-hydrogen) atoms. The molecule has 6 heterocycles. The second kappa shape index (κ2) is 16.5. The lowest BCUT2D eigenvalue weighted by Gasteiger charge is -2.43. The van der Waals surface area contributed by atoms with Crippen LogP contribution < -0.4 is 42.0 Å². The number of anilines is 3. The van der Waals surface area contributed by atoms with Crippen LogP contribution in [0.4, 0.5) is 17.1 Å². The van der Waals surface area contributed by atoms with Gasteiger partial charge in [0.1, 0.15) is 0 Å². The molecule has 0 bridgehead atoms. The Morgan fingerprint density at radius 1 is 0.361 bits per heavy atom. The maximum atomic E-state index is 2.84. The molecule has 414 valence electrons. The third-order valence-corrected chi connectivity index (χ3v) is 24.8. The molecule has 3 nitrogen and oxygen atoms in total. The first-order valence-electron chi connectivity index (χ1n) is 30.7. The fraction of sp³-hybridized carbons (Fsp3) is 0.308. The Kier molecular flexibility index (Phi) is 10.4. The summed E-state index contributed by atoms with van der Waals surface area (Å²) in [6.45, 7) is 43.0. The zero-order chi connectivity index (χ0) is 58.4. The molecule has 0 N–H and O–H groups in total. The standard InChI is InChI=1S/C78H80BN3Si/c1-73(2,3)45-23-22-26-52(37-45)80(51-24-20-19-21-25-51)61-34-32-58-71-67(61)57-38-46(74(4,5)6)29-33-60(57)81(71)62-35-36-63-72-68(62)79(58)59-41-49(77(13,14)15)39-55-56-40-50(78(16,17)18)44-66(70(56)82(72)69(55)59)83(63)64-42-47(75(7,8)9)27-30-53(64)54-31-28-48(43-65(54)83)76(10,11)12/h19-44H,1-18H3. The number of rotatable bonds is 3. The quantitative estimate of drug-likeness (QED) is 0.161. The number of hydrogen-bond donors (Lipinski definition) is 0. The third-order valence-electron chi connectivity index (χ3n) is 20.0. The largest absolute Gasteiger partial charge is 0.310 e. The van der Waals surface area contributed by atoms with Gasteiger partial charge in [0.15, 0.2) is 8.07 Å². The molecule has 0 saturated carbocycles. The summed E-state index contributed by atoms with van der Waals surface area (Å²) in [7, 11) is -3.19. The van der Waals surface area contributed by atoms with Crippen molar-refractivity contribution < 1.29 is 0 Å². The van der Waals surface area contributed by atoms with Crippen LogP contribution in [0.25, 0.3) is 66.1 Å². The van der Waals surface area contributed by atoms with Gasteiger partial charge in [0.05, 0.1) is 22.2 Å². The Hall–Kier alpha value is -7.34. The molecule has 4 aliphatic heterocycles. The van der Waals surface area contributed by atoms with Gasteiger partial charge in [0, 0.05) is 49.8 Å². The van der Waals surface area contributed by atoms with E-state index in [1.165, 1.54) is 132 Å². The molecule has 0 aliphatic carbocycles. The molecule has 0 atom stereocenters. The maximum absolute atomic E-state index is 3.19. The molecule has 0 saturated heterocycles.